The summed E-state index contributed by atoms with van der Waals surface area (Å²) in [6.45, 7) is 2.18. The van der Waals surface area contributed by atoms with Crippen molar-refractivity contribution < 1.29 is 14.5 Å². The normalized spacial score (nSPS) is 10.3. The fourth-order valence-electron chi connectivity index (χ4n) is 2.52. The number of nitro groups is 1. The minimum atomic E-state index is -0.493. The van der Waals surface area contributed by atoms with E-state index in [1.807, 2.05) is 30.3 Å². The summed E-state index contributed by atoms with van der Waals surface area (Å²) in [7, 11) is 0. The monoisotopic (exact) mass is 362 g/mol. The van der Waals surface area contributed by atoms with Gasteiger partial charge in [-0.15, -0.1) is 0 Å². The minimum absolute atomic E-state index is 0.0733. The number of hydrogen-bond acceptors (Lipinski definition) is 4. The van der Waals surface area contributed by atoms with Crippen LogP contribution in [0, 0.1) is 17.0 Å². The Bertz CT molecular complexity index is 971. The lowest BCUT2D eigenvalue weighted by Crippen LogP contribution is -2.13. The minimum Gasteiger partial charge on any atom is -0.489 e. The summed E-state index contributed by atoms with van der Waals surface area (Å²) in [6.07, 6.45) is 0. The van der Waals surface area contributed by atoms with Crippen molar-refractivity contribution in [3.8, 4) is 5.75 Å². The molecule has 0 heterocycles. The third-order valence-electron chi connectivity index (χ3n) is 4.02. The Morgan fingerprint density at radius 1 is 1.04 bits per heavy atom. The standard InChI is InChI=1S/C21H18N2O4/c1-15-10-11-18(23(25)26)13-20(15)22-21(24)17-8-5-9-19(12-17)27-14-16-6-3-2-4-7-16/h2-13H,14H2,1H3,(H,22,24). The van der Waals surface area contributed by atoms with Crippen LogP contribution >= 0.6 is 0 Å². The van der Waals surface area contributed by atoms with Crippen molar-refractivity contribution in [1.82, 2.24) is 0 Å². The second kappa shape index (κ2) is 8.14. The molecular formula is C21H18N2O4. The van der Waals surface area contributed by atoms with Crippen LogP contribution in [-0.2, 0) is 6.61 Å². The topological polar surface area (TPSA) is 81.5 Å². The Morgan fingerprint density at radius 3 is 2.56 bits per heavy atom. The molecule has 0 atom stereocenters. The van der Waals surface area contributed by atoms with Crippen molar-refractivity contribution in [2.24, 2.45) is 0 Å². The van der Waals surface area contributed by atoms with Crippen LogP contribution in [-0.4, -0.2) is 10.8 Å². The van der Waals surface area contributed by atoms with Gasteiger partial charge in [-0.2, -0.15) is 0 Å². The number of non-ortho nitro benzene ring substituents is 1. The Hall–Kier alpha value is -3.67. The van der Waals surface area contributed by atoms with Crippen LogP contribution in [0.25, 0.3) is 0 Å². The first kappa shape index (κ1) is 18.1. The zero-order valence-electron chi connectivity index (χ0n) is 14.7. The maximum absolute atomic E-state index is 12.5. The van der Waals surface area contributed by atoms with Crippen molar-refractivity contribution in [1.29, 1.82) is 0 Å². The molecule has 0 spiro atoms. The SMILES string of the molecule is Cc1ccc([N+](=O)[O-])cc1NC(=O)c1cccc(OCc2ccccc2)c1. The number of benzene rings is 3. The van der Waals surface area contributed by atoms with Gasteiger partial charge in [0.2, 0.25) is 0 Å². The molecule has 0 aliphatic carbocycles. The Kier molecular flexibility index (Phi) is 5.47. The van der Waals surface area contributed by atoms with Gasteiger partial charge in [0, 0.05) is 17.7 Å². The molecule has 3 aromatic rings. The maximum Gasteiger partial charge on any atom is 0.271 e. The van der Waals surface area contributed by atoms with E-state index in [0.29, 0.717) is 23.6 Å². The van der Waals surface area contributed by atoms with Gasteiger partial charge in [0.15, 0.2) is 0 Å². The number of amides is 1. The number of carbonyl (C=O) groups is 1. The number of aryl methyl sites for hydroxylation is 1. The largest absolute Gasteiger partial charge is 0.489 e. The highest BCUT2D eigenvalue weighted by molar-refractivity contribution is 6.05. The van der Waals surface area contributed by atoms with E-state index in [9.17, 15) is 14.9 Å². The number of nitrogens with zero attached hydrogens (tertiary/aromatic N) is 1. The predicted molar refractivity (Wildman–Crippen MR) is 103 cm³/mol. The highest BCUT2D eigenvalue weighted by atomic mass is 16.6. The summed E-state index contributed by atoms with van der Waals surface area (Å²) in [4.78, 5) is 23.0. The predicted octanol–water partition coefficient (Wildman–Crippen LogP) is 4.73. The summed E-state index contributed by atoms with van der Waals surface area (Å²) in [6, 6.07) is 20.9. The fourth-order valence-corrected chi connectivity index (χ4v) is 2.52. The van der Waals surface area contributed by atoms with E-state index in [-0.39, 0.29) is 11.6 Å². The number of carbonyl (C=O) groups excluding carboxylic acids is 1. The molecule has 6 nitrogen and oxygen atoms in total. The Morgan fingerprint density at radius 2 is 1.81 bits per heavy atom. The number of anilines is 1. The number of nitro benzene ring substituents is 1. The molecule has 0 aliphatic rings. The van der Waals surface area contributed by atoms with Crippen LogP contribution < -0.4 is 10.1 Å². The number of nitrogens with one attached hydrogen (secondary N) is 1. The lowest BCUT2D eigenvalue weighted by Gasteiger charge is -2.10. The molecule has 0 aliphatic heterocycles. The Balaban J connectivity index is 1.72. The molecule has 0 fully saturated rings. The fraction of sp³-hybridized carbons (Fsp3) is 0.0952. The third kappa shape index (κ3) is 4.70. The van der Waals surface area contributed by atoms with E-state index in [1.165, 1.54) is 12.1 Å². The summed E-state index contributed by atoms with van der Waals surface area (Å²) in [5.41, 5.74) is 2.51. The second-order valence-corrected chi connectivity index (χ2v) is 6.01. The summed E-state index contributed by atoms with van der Waals surface area (Å²) >= 11 is 0. The zero-order chi connectivity index (χ0) is 19.2. The molecule has 3 rings (SSSR count). The van der Waals surface area contributed by atoms with Gasteiger partial charge in [-0.1, -0.05) is 42.5 Å². The highest BCUT2D eigenvalue weighted by Crippen LogP contribution is 2.23. The van der Waals surface area contributed by atoms with Crippen molar-refractivity contribution in [2.45, 2.75) is 13.5 Å². The smallest absolute Gasteiger partial charge is 0.271 e. The quantitative estimate of drug-likeness (QED) is 0.507. The molecule has 0 unspecified atom stereocenters. The number of ether oxygens (including phenoxy) is 1. The maximum atomic E-state index is 12.5. The molecule has 27 heavy (non-hydrogen) atoms. The van der Waals surface area contributed by atoms with Crippen LogP contribution in [0.2, 0.25) is 0 Å². The summed E-state index contributed by atoms with van der Waals surface area (Å²) < 4.78 is 5.74. The van der Waals surface area contributed by atoms with Gasteiger partial charge in [0.1, 0.15) is 12.4 Å². The molecule has 3 aromatic carbocycles. The first-order valence-electron chi connectivity index (χ1n) is 8.36. The molecule has 1 amide bonds. The van der Waals surface area contributed by atoms with Gasteiger partial charge < -0.3 is 10.1 Å². The van der Waals surface area contributed by atoms with E-state index >= 15 is 0 Å². The number of hydrogen-bond donors (Lipinski definition) is 1. The lowest BCUT2D eigenvalue weighted by molar-refractivity contribution is -0.384. The highest BCUT2D eigenvalue weighted by Gasteiger charge is 2.13. The van der Waals surface area contributed by atoms with Crippen LogP contribution in [0.4, 0.5) is 11.4 Å². The number of rotatable bonds is 6. The first-order chi connectivity index (χ1) is 13.0. The van der Waals surface area contributed by atoms with Gasteiger partial charge >= 0.3 is 0 Å². The molecule has 6 heteroatoms. The molecule has 0 radical (unpaired) electrons. The second-order valence-electron chi connectivity index (χ2n) is 6.01. The van der Waals surface area contributed by atoms with Crippen molar-refractivity contribution in [2.75, 3.05) is 5.32 Å². The molecule has 1 N–H and O–H groups in total. The van der Waals surface area contributed by atoms with Crippen molar-refractivity contribution in [3.63, 3.8) is 0 Å². The van der Waals surface area contributed by atoms with Gasteiger partial charge in [-0.3, -0.25) is 14.9 Å². The van der Waals surface area contributed by atoms with E-state index in [4.69, 9.17) is 4.74 Å². The Labute approximate surface area is 156 Å². The zero-order valence-corrected chi connectivity index (χ0v) is 14.7. The van der Waals surface area contributed by atoms with E-state index in [0.717, 1.165) is 11.1 Å². The molecule has 0 aromatic heterocycles. The van der Waals surface area contributed by atoms with Crippen LogP contribution in [0.5, 0.6) is 5.75 Å². The van der Waals surface area contributed by atoms with Crippen LogP contribution in [0.15, 0.2) is 72.8 Å². The van der Waals surface area contributed by atoms with Crippen LogP contribution in [0.3, 0.4) is 0 Å². The van der Waals surface area contributed by atoms with Crippen molar-refractivity contribution >= 4 is 17.3 Å². The van der Waals surface area contributed by atoms with E-state index < -0.39 is 4.92 Å². The van der Waals surface area contributed by atoms with Gasteiger partial charge in [0.05, 0.1) is 10.6 Å². The van der Waals surface area contributed by atoms with Gasteiger partial charge in [0.25, 0.3) is 11.6 Å². The molecule has 0 saturated carbocycles. The summed E-state index contributed by atoms with van der Waals surface area (Å²) in [5, 5.41) is 13.7. The first-order valence-corrected chi connectivity index (χ1v) is 8.36. The molecular weight excluding hydrogens is 344 g/mol. The average Bonchev–Trinajstić information content (AvgIpc) is 2.69. The van der Waals surface area contributed by atoms with E-state index in [2.05, 4.69) is 5.32 Å². The van der Waals surface area contributed by atoms with Gasteiger partial charge in [-0.05, 0) is 36.2 Å². The lowest BCUT2D eigenvalue weighted by atomic mass is 10.1. The molecule has 0 bridgehead atoms. The van der Waals surface area contributed by atoms with E-state index in [1.54, 1.807) is 37.3 Å². The average molecular weight is 362 g/mol. The summed E-state index contributed by atoms with van der Waals surface area (Å²) in [5.74, 6) is 0.214. The molecule has 136 valence electrons. The molecule has 0 saturated heterocycles. The van der Waals surface area contributed by atoms with Crippen LogP contribution in [0.1, 0.15) is 21.5 Å². The third-order valence-corrected chi connectivity index (χ3v) is 4.02. The van der Waals surface area contributed by atoms with Crippen molar-refractivity contribution in [3.05, 3.63) is 99.6 Å². The van der Waals surface area contributed by atoms with Gasteiger partial charge in [-0.25, -0.2) is 0 Å².